The molecule has 0 saturated heterocycles. The normalized spacial score (nSPS) is 12.9. The van der Waals surface area contributed by atoms with Crippen molar-refractivity contribution in [1.29, 1.82) is 0 Å². The van der Waals surface area contributed by atoms with Crippen LogP contribution in [0.2, 0.25) is 5.02 Å². The van der Waals surface area contributed by atoms with E-state index in [2.05, 4.69) is 0 Å². The molecule has 1 heterocycles. The van der Waals surface area contributed by atoms with Crippen molar-refractivity contribution in [1.82, 2.24) is 4.90 Å². The van der Waals surface area contributed by atoms with Gasteiger partial charge >= 0.3 is 0 Å². The minimum atomic E-state index is -3.48. The van der Waals surface area contributed by atoms with E-state index < -0.39 is 9.84 Å². The Labute approximate surface area is 139 Å². The van der Waals surface area contributed by atoms with Gasteiger partial charge in [-0.2, -0.15) is 0 Å². The van der Waals surface area contributed by atoms with E-state index in [0.29, 0.717) is 5.56 Å². The van der Waals surface area contributed by atoms with Crippen LogP contribution in [-0.4, -0.2) is 32.5 Å². The number of benzene rings is 1. The molecule has 0 radical (unpaired) electrons. The molecule has 118 valence electrons. The van der Waals surface area contributed by atoms with Crippen LogP contribution in [0.4, 0.5) is 0 Å². The molecule has 0 saturated carbocycles. The van der Waals surface area contributed by atoms with Crippen molar-refractivity contribution in [3.8, 4) is 0 Å². The van der Waals surface area contributed by atoms with Gasteiger partial charge in [-0.3, -0.25) is 4.79 Å². The van der Waals surface area contributed by atoms with Crippen LogP contribution in [0.5, 0.6) is 0 Å². The number of sulfone groups is 1. The van der Waals surface area contributed by atoms with Crippen LogP contribution in [0, 0.1) is 0 Å². The highest BCUT2D eigenvalue weighted by Crippen LogP contribution is 2.27. The predicted octanol–water partition coefficient (Wildman–Crippen LogP) is 3.64. The van der Waals surface area contributed by atoms with Gasteiger partial charge in [-0.25, -0.2) is 8.42 Å². The van der Waals surface area contributed by atoms with Crippen molar-refractivity contribution in [2.75, 3.05) is 13.3 Å². The van der Waals surface area contributed by atoms with Crippen molar-refractivity contribution < 1.29 is 13.2 Å². The van der Waals surface area contributed by atoms with Gasteiger partial charge in [-0.1, -0.05) is 17.7 Å². The molecule has 1 atom stereocenters. The number of amides is 1. The van der Waals surface area contributed by atoms with Gasteiger partial charge in [0, 0.05) is 23.7 Å². The van der Waals surface area contributed by atoms with Crippen LogP contribution in [-0.2, 0) is 9.84 Å². The minimum absolute atomic E-state index is 0.0304. The molecule has 1 amide bonds. The van der Waals surface area contributed by atoms with Crippen molar-refractivity contribution in [3.05, 3.63) is 51.2 Å². The summed E-state index contributed by atoms with van der Waals surface area (Å²) in [5, 5.41) is 2.07. The molecule has 0 N–H and O–H groups in total. The van der Waals surface area contributed by atoms with Crippen LogP contribution in [0.3, 0.4) is 0 Å². The van der Waals surface area contributed by atoms with Crippen molar-refractivity contribution in [3.63, 3.8) is 0 Å². The van der Waals surface area contributed by atoms with E-state index in [-0.39, 0.29) is 21.9 Å². The Morgan fingerprint density at radius 3 is 2.55 bits per heavy atom. The second-order valence-corrected chi connectivity index (χ2v) is 8.40. The number of halogens is 1. The SMILES string of the molecule is C[C@@H](c1cccs1)N(C)C(=O)c1ccc(Cl)c(S(C)(=O)=O)c1. The third-order valence-corrected chi connectivity index (χ3v) is 6.05. The summed E-state index contributed by atoms with van der Waals surface area (Å²) < 4.78 is 23.4. The van der Waals surface area contributed by atoms with Crippen molar-refractivity contribution >= 4 is 38.7 Å². The van der Waals surface area contributed by atoms with E-state index in [9.17, 15) is 13.2 Å². The molecule has 0 aliphatic rings. The van der Waals surface area contributed by atoms with Gasteiger partial charge < -0.3 is 4.90 Å². The van der Waals surface area contributed by atoms with Gasteiger partial charge in [0.1, 0.15) is 0 Å². The largest absolute Gasteiger partial charge is 0.334 e. The molecule has 2 rings (SSSR count). The molecule has 0 spiro atoms. The van der Waals surface area contributed by atoms with Crippen LogP contribution in [0.15, 0.2) is 40.6 Å². The van der Waals surface area contributed by atoms with E-state index >= 15 is 0 Å². The molecular formula is C15H16ClNO3S2. The number of nitrogens with zero attached hydrogens (tertiary/aromatic N) is 1. The molecule has 1 aromatic heterocycles. The van der Waals surface area contributed by atoms with Crippen LogP contribution in [0.25, 0.3) is 0 Å². The topological polar surface area (TPSA) is 54.5 Å². The number of rotatable bonds is 4. The first-order valence-corrected chi connectivity index (χ1v) is 9.67. The van der Waals surface area contributed by atoms with E-state index in [0.717, 1.165) is 11.1 Å². The van der Waals surface area contributed by atoms with Gasteiger partial charge in [0.2, 0.25) is 0 Å². The van der Waals surface area contributed by atoms with Crippen LogP contribution >= 0.6 is 22.9 Å². The Morgan fingerprint density at radius 2 is 2.00 bits per heavy atom. The fourth-order valence-electron chi connectivity index (χ4n) is 2.02. The quantitative estimate of drug-likeness (QED) is 0.839. The summed E-state index contributed by atoms with van der Waals surface area (Å²) in [6.45, 7) is 1.93. The summed E-state index contributed by atoms with van der Waals surface area (Å²) in [5.74, 6) is -0.248. The van der Waals surface area contributed by atoms with Crippen molar-refractivity contribution in [2.24, 2.45) is 0 Å². The fraction of sp³-hybridized carbons (Fsp3) is 0.267. The number of thiophene rings is 1. The highest BCUT2D eigenvalue weighted by atomic mass is 35.5. The van der Waals surface area contributed by atoms with E-state index in [4.69, 9.17) is 11.6 Å². The molecule has 7 heteroatoms. The first-order chi connectivity index (χ1) is 10.2. The molecule has 0 unspecified atom stereocenters. The summed E-state index contributed by atoms with van der Waals surface area (Å²) in [6.07, 6.45) is 1.07. The van der Waals surface area contributed by atoms with Gasteiger partial charge in [0.15, 0.2) is 9.84 Å². The maximum Gasteiger partial charge on any atom is 0.254 e. The summed E-state index contributed by atoms with van der Waals surface area (Å²) in [6, 6.07) is 8.11. The van der Waals surface area contributed by atoms with Gasteiger partial charge in [0.25, 0.3) is 5.91 Å². The maximum atomic E-state index is 12.6. The van der Waals surface area contributed by atoms with E-state index in [1.54, 1.807) is 23.3 Å². The van der Waals surface area contributed by atoms with Gasteiger partial charge in [-0.15, -0.1) is 11.3 Å². The minimum Gasteiger partial charge on any atom is -0.334 e. The third-order valence-electron chi connectivity index (χ3n) is 3.43. The highest BCUT2D eigenvalue weighted by Gasteiger charge is 2.22. The Balaban J connectivity index is 2.34. The van der Waals surface area contributed by atoms with Crippen molar-refractivity contribution in [2.45, 2.75) is 17.9 Å². The molecule has 0 aliphatic carbocycles. The predicted molar refractivity (Wildman–Crippen MR) is 89.4 cm³/mol. The maximum absolute atomic E-state index is 12.6. The first-order valence-electron chi connectivity index (χ1n) is 6.52. The molecule has 1 aromatic carbocycles. The van der Waals surface area contributed by atoms with Crippen LogP contribution < -0.4 is 0 Å². The third kappa shape index (κ3) is 3.51. The fourth-order valence-corrected chi connectivity index (χ4v) is 4.15. The molecule has 2 aromatic rings. The summed E-state index contributed by atoms with van der Waals surface area (Å²) in [5.41, 5.74) is 0.302. The van der Waals surface area contributed by atoms with E-state index in [1.807, 2.05) is 24.4 Å². The molecule has 0 aliphatic heterocycles. The number of carbonyl (C=O) groups is 1. The highest BCUT2D eigenvalue weighted by molar-refractivity contribution is 7.90. The monoisotopic (exact) mass is 357 g/mol. The lowest BCUT2D eigenvalue weighted by atomic mass is 10.1. The average Bonchev–Trinajstić information content (AvgIpc) is 2.98. The Morgan fingerprint density at radius 1 is 1.32 bits per heavy atom. The van der Waals surface area contributed by atoms with Gasteiger partial charge in [0.05, 0.1) is 16.0 Å². The average molecular weight is 358 g/mol. The zero-order valence-electron chi connectivity index (χ0n) is 12.4. The summed E-state index contributed by atoms with van der Waals surface area (Å²) in [4.78, 5) is 15.2. The summed E-state index contributed by atoms with van der Waals surface area (Å²) in [7, 11) is -1.78. The zero-order valence-corrected chi connectivity index (χ0v) is 14.8. The molecule has 4 nitrogen and oxygen atoms in total. The van der Waals surface area contributed by atoms with E-state index in [1.165, 1.54) is 18.2 Å². The Kier molecular flexibility index (Phi) is 4.94. The Hall–Kier alpha value is -1.37. The molecule has 22 heavy (non-hydrogen) atoms. The summed E-state index contributed by atoms with van der Waals surface area (Å²) >= 11 is 7.48. The lowest BCUT2D eigenvalue weighted by Gasteiger charge is -2.24. The number of hydrogen-bond acceptors (Lipinski definition) is 4. The second kappa shape index (κ2) is 6.40. The smallest absolute Gasteiger partial charge is 0.254 e. The number of carbonyl (C=O) groups excluding carboxylic acids is 1. The lowest BCUT2D eigenvalue weighted by molar-refractivity contribution is 0.0744. The lowest BCUT2D eigenvalue weighted by Crippen LogP contribution is -2.29. The second-order valence-electron chi connectivity index (χ2n) is 5.02. The van der Waals surface area contributed by atoms with Gasteiger partial charge in [-0.05, 0) is 36.6 Å². The molecule has 0 bridgehead atoms. The standard InChI is InChI=1S/C15H16ClNO3S2/c1-10(13-5-4-8-21-13)17(2)15(18)11-6-7-12(16)14(9-11)22(3,19)20/h4-10H,1-3H3/t10-/m0/s1. The Bertz CT molecular complexity index is 785. The molecule has 0 fully saturated rings. The van der Waals surface area contributed by atoms with Crippen LogP contribution in [0.1, 0.15) is 28.2 Å². The first kappa shape index (κ1) is 17.0. The zero-order chi connectivity index (χ0) is 16.5. The number of hydrogen-bond donors (Lipinski definition) is 0. The molecular weight excluding hydrogens is 342 g/mol.